The monoisotopic (exact) mass is 356 g/mol. The van der Waals surface area contributed by atoms with Crippen LogP contribution in [0.25, 0.3) is 0 Å². The minimum atomic E-state index is 0.00430. The van der Waals surface area contributed by atoms with Gasteiger partial charge < -0.3 is 24.3 Å². The molecule has 7 nitrogen and oxygen atoms in total. The number of anilines is 1. The standard InChI is InChI=1S/C19H24N4O3/c1-25-15-6-4-14(5-7-15)21-16-3-2-8-23-17(16)13-20-18(23)19(24)22-9-11-26-12-10-22/h4-7,13,16,21H,2-3,8-12H2,1H3. The fourth-order valence-electron chi connectivity index (χ4n) is 3.62. The normalized spacial score (nSPS) is 19.7. The molecule has 1 fully saturated rings. The van der Waals surface area contributed by atoms with Gasteiger partial charge in [0.25, 0.3) is 5.91 Å². The minimum Gasteiger partial charge on any atom is -0.497 e. The van der Waals surface area contributed by atoms with Gasteiger partial charge in [-0.05, 0) is 37.1 Å². The number of nitrogens with zero attached hydrogens (tertiary/aromatic N) is 3. The van der Waals surface area contributed by atoms with Gasteiger partial charge in [-0.1, -0.05) is 0 Å². The topological polar surface area (TPSA) is 68.6 Å². The van der Waals surface area contributed by atoms with E-state index >= 15 is 0 Å². The second-order valence-corrected chi connectivity index (χ2v) is 6.63. The van der Waals surface area contributed by atoms with Gasteiger partial charge in [0, 0.05) is 25.3 Å². The van der Waals surface area contributed by atoms with Gasteiger partial charge in [-0.2, -0.15) is 0 Å². The van der Waals surface area contributed by atoms with Crippen LogP contribution >= 0.6 is 0 Å². The van der Waals surface area contributed by atoms with Gasteiger partial charge in [0.1, 0.15) is 5.75 Å². The lowest BCUT2D eigenvalue weighted by molar-refractivity contribution is 0.0291. The van der Waals surface area contributed by atoms with Crippen molar-refractivity contribution in [3.8, 4) is 5.75 Å². The molecule has 1 aromatic heterocycles. The maximum atomic E-state index is 12.8. The Morgan fingerprint density at radius 1 is 1.23 bits per heavy atom. The van der Waals surface area contributed by atoms with Crippen molar-refractivity contribution in [2.75, 3.05) is 38.7 Å². The average Bonchev–Trinajstić information content (AvgIpc) is 3.14. The third-order valence-corrected chi connectivity index (χ3v) is 5.04. The highest BCUT2D eigenvalue weighted by atomic mass is 16.5. The molecule has 1 amide bonds. The molecule has 2 aromatic rings. The summed E-state index contributed by atoms with van der Waals surface area (Å²) in [6.45, 7) is 3.30. The summed E-state index contributed by atoms with van der Waals surface area (Å²) in [5.74, 6) is 1.38. The molecule has 2 aliphatic heterocycles. The highest BCUT2D eigenvalue weighted by Crippen LogP contribution is 2.30. The van der Waals surface area contributed by atoms with Crippen molar-refractivity contribution in [3.63, 3.8) is 0 Å². The van der Waals surface area contributed by atoms with E-state index in [1.54, 1.807) is 7.11 Å². The molecular weight excluding hydrogens is 332 g/mol. The fourth-order valence-corrected chi connectivity index (χ4v) is 3.62. The van der Waals surface area contributed by atoms with Crippen LogP contribution < -0.4 is 10.1 Å². The third-order valence-electron chi connectivity index (χ3n) is 5.04. The van der Waals surface area contributed by atoms with Gasteiger partial charge in [-0.25, -0.2) is 4.98 Å². The average molecular weight is 356 g/mol. The molecule has 0 radical (unpaired) electrons. The number of rotatable bonds is 4. The number of amides is 1. The number of aromatic nitrogens is 2. The second-order valence-electron chi connectivity index (χ2n) is 6.63. The molecule has 1 unspecified atom stereocenters. The first kappa shape index (κ1) is 16.9. The molecule has 138 valence electrons. The van der Waals surface area contributed by atoms with Crippen LogP contribution in [0.4, 0.5) is 5.69 Å². The zero-order valence-corrected chi connectivity index (χ0v) is 15.0. The van der Waals surface area contributed by atoms with E-state index in [9.17, 15) is 4.79 Å². The molecule has 0 aliphatic carbocycles. The van der Waals surface area contributed by atoms with E-state index < -0.39 is 0 Å². The Hall–Kier alpha value is -2.54. The lowest BCUT2D eigenvalue weighted by atomic mass is 10.0. The summed E-state index contributed by atoms with van der Waals surface area (Å²) in [5, 5.41) is 3.56. The van der Waals surface area contributed by atoms with Crippen LogP contribution in [0.5, 0.6) is 5.75 Å². The number of nitrogens with one attached hydrogen (secondary N) is 1. The first-order valence-electron chi connectivity index (χ1n) is 9.09. The number of methoxy groups -OCH3 is 1. The van der Waals surface area contributed by atoms with E-state index in [4.69, 9.17) is 9.47 Å². The van der Waals surface area contributed by atoms with Crippen molar-refractivity contribution in [2.45, 2.75) is 25.4 Å². The zero-order chi connectivity index (χ0) is 17.9. The number of carbonyl (C=O) groups excluding carboxylic acids is 1. The van der Waals surface area contributed by atoms with Gasteiger partial charge >= 0.3 is 0 Å². The Labute approximate surface area is 152 Å². The maximum absolute atomic E-state index is 12.8. The van der Waals surface area contributed by atoms with Gasteiger partial charge in [-0.3, -0.25) is 4.79 Å². The molecule has 4 rings (SSSR count). The summed E-state index contributed by atoms with van der Waals surface area (Å²) < 4.78 is 12.6. The number of carbonyl (C=O) groups is 1. The van der Waals surface area contributed by atoms with E-state index in [2.05, 4.69) is 14.9 Å². The number of morpholine rings is 1. The largest absolute Gasteiger partial charge is 0.497 e. The molecule has 0 saturated carbocycles. The van der Waals surface area contributed by atoms with Crippen LogP contribution in [-0.2, 0) is 11.3 Å². The maximum Gasteiger partial charge on any atom is 0.290 e. The summed E-state index contributed by atoms with van der Waals surface area (Å²) in [6, 6.07) is 8.05. The molecule has 2 aliphatic rings. The van der Waals surface area contributed by atoms with Gasteiger partial charge in [0.2, 0.25) is 0 Å². The number of ether oxygens (including phenoxy) is 2. The van der Waals surface area contributed by atoms with Crippen molar-refractivity contribution < 1.29 is 14.3 Å². The fraction of sp³-hybridized carbons (Fsp3) is 0.474. The lowest BCUT2D eigenvalue weighted by Gasteiger charge is -2.29. The smallest absolute Gasteiger partial charge is 0.290 e. The Kier molecular flexibility index (Phi) is 4.79. The summed E-state index contributed by atoms with van der Waals surface area (Å²) in [4.78, 5) is 19.1. The number of fused-ring (bicyclic) bond motifs is 1. The quantitative estimate of drug-likeness (QED) is 0.910. The Morgan fingerprint density at radius 2 is 2.00 bits per heavy atom. The number of hydrogen-bond acceptors (Lipinski definition) is 5. The summed E-state index contributed by atoms with van der Waals surface area (Å²) in [6.07, 6.45) is 3.87. The SMILES string of the molecule is COc1ccc(NC2CCCn3c2cnc3C(=O)N2CCOCC2)cc1. The molecule has 1 N–H and O–H groups in total. The molecule has 1 aromatic carbocycles. The third kappa shape index (κ3) is 3.26. The van der Waals surface area contributed by atoms with Crippen LogP contribution in [0.1, 0.15) is 35.2 Å². The summed E-state index contributed by atoms with van der Waals surface area (Å²) in [5.41, 5.74) is 2.11. The zero-order valence-electron chi connectivity index (χ0n) is 15.0. The molecule has 0 spiro atoms. The molecule has 0 bridgehead atoms. The van der Waals surface area contributed by atoms with E-state index in [-0.39, 0.29) is 11.9 Å². The molecule has 1 atom stereocenters. The number of benzene rings is 1. The number of hydrogen-bond donors (Lipinski definition) is 1. The molecule has 3 heterocycles. The Balaban J connectivity index is 1.53. The molecule has 26 heavy (non-hydrogen) atoms. The minimum absolute atomic E-state index is 0.00430. The van der Waals surface area contributed by atoms with Crippen LogP contribution in [-0.4, -0.2) is 53.8 Å². The van der Waals surface area contributed by atoms with Crippen LogP contribution in [0, 0.1) is 0 Å². The van der Waals surface area contributed by atoms with Crippen LogP contribution in [0.3, 0.4) is 0 Å². The van der Waals surface area contributed by atoms with Gasteiger partial charge in [-0.15, -0.1) is 0 Å². The summed E-state index contributed by atoms with van der Waals surface area (Å²) >= 11 is 0. The van der Waals surface area contributed by atoms with Crippen LogP contribution in [0.15, 0.2) is 30.5 Å². The van der Waals surface area contributed by atoms with E-state index in [1.165, 1.54) is 0 Å². The van der Waals surface area contributed by atoms with E-state index in [0.29, 0.717) is 32.1 Å². The molecular formula is C19H24N4O3. The number of imidazole rings is 1. The van der Waals surface area contributed by atoms with Crippen molar-refractivity contribution in [1.29, 1.82) is 0 Å². The highest BCUT2D eigenvalue weighted by molar-refractivity contribution is 5.91. The van der Waals surface area contributed by atoms with Crippen molar-refractivity contribution in [3.05, 3.63) is 42.0 Å². The van der Waals surface area contributed by atoms with Gasteiger partial charge in [0.15, 0.2) is 5.82 Å². The van der Waals surface area contributed by atoms with Crippen molar-refractivity contribution >= 4 is 11.6 Å². The first-order chi connectivity index (χ1) is 12.8. The predicted octanol–water partition coefficient (Wildman–Crippen LogP) is 2.31. The van der Waals surface area contributed by atoms with Crippen molar-refractivity contribution in [1.82, 2.24) is 14.5 Å². The molecule has 7 heteroatoms. The lowest BCUT2D eigenvalue weighted by Crippen LogP contribution is -2.42. The Morgan fingerprint density at radius 3 is 2.73 bits per heavy atom. The van der Waals surface area contributed by atoms with Crippen molar-refractivity contribution in [2.24, 2.45) is 0 Å². The second kappa shape index (κ2) is 7.37. The Bertz CT molecular complexity index is 766. The molecule has 1 saturated heterocycles. The predicted molar refractivity (Wildman–Crippen MR) is 97.5 cm³/mol. The van der Waals surface area contributed by atoms with Gasteiger partial charge in [0.05, 0.1) is 38.3 Å². The van der Waals surface area contributed by atoms with E-state index in [0.717, 1.165) is 36.5 Å². The van der Waals surface area contributed by atoms with Crippen LogP contribution in [0.2, 0.25) is 0 Å². The first-order valence-corrected chi connectivity index (χ1v) is 9.09. The van der Waals surface area contributed by atoms with E-state index in [1.807, 2.05) is 35.4 Å². The highest BCUT2D eigenvalue weighted by Gasteiger charge is 2.29. The summed E-state index contributed by atoms with van der Waals surface area (Å²) in [7, 11) is 1.66.